The lowest BCUT2D eigenvalue weighted by molar-refractivity contribution is 0.0933. The second-order valence-electron chi connectivity index (χ2n) is 6.73. The number of rotatable bonds is 5. The topological polar surface area (TPSA) is 75.3 Å². The minimum Gasteiger partial charge on any atom is -0.345 e. The quantitative estimate of drug-likeness (QED) is 0.654. The van der Waals surface area contributed by atoms with E-state index >= 15 is 0 Å². The number of carbonyl (C=O) groups is 1. The number of thiophene rings is 1. The van der Waals surface area contributed by atoms with Crippen molar-refractivity contribution >= 4 is 33.0 Å². The van der Waals surface area contributed by atoms with E-state index in [1.807, 2.05) is 12.1 Å². The fourth-order valence-corrected chi connectivity index (χ4v) is 5.51. The summed E-state index contributed by atoms with van der Waals surface area (Å²) >= 11 is 1.16. The maximum Gasteiger partial charge on any atom is 0.271 e. The number of carbonyl (C=O) groups excluding carboxylic acids is 1. The molecular formula is C21H20N2O3S2. The van der Waals surface area contributed by atoms with Crippen molar-refractivity contribution in [3.05, 3.63) is 82.7 Å². The van der Waals surface area contributed by atoms with Crippen LogP contribution < -0.4 is 10.0 Å². The lowest BCUT2D eigenvalue weighted by Crippen LogP contribution is -2.30. The van der Waals surface area contributed by atoms with E-state index in [1.165, 1.54) is 11.1 Å². The number of hydrogen-bond acceptors (Lipinski definition) is 4. The van der Waals surface area contributed by atoms with Crippen LogP contribution in [0.5, 0.6) is 0 Å². The molecule has 0 spiro atoms. The SMILES string of the molecule is O=C(NC1CCCc2ccccc21)c1ccc(NS(=O)(=O)c2cccs2)cc1. The van der Waals surface area contributed by atoms with Gasteiger partial charge in [0, 0.05) is 11.3 Å². The summed E-state index contributed by atoms with van der Waals surface area (Å²) in [5.74, 6) is -0.158. The first-order valence-corrected chi connectivity index (χ1v) is 11.4. The number of hydrogen-bond donors (Lipinski definition) is 2. The number of benzene rings is 2. The Hall–Kier alpha value is -2.64. The number of fused-ring (bicyclic) bond motifs is 1. The first kappa shape index (κ1) is 18.7. The molecule has 0 saturated heterocycles. The predicted octanol–water partition coefficient (Wildman–Crippen LogP) is 4.36. The molecule has 2 aromatic carbocycles. The van der Waals surface area contributed by atoms with Crippen LogP contribution in [0.25, 0.3) is 0 Å². The highest BCUT2D eigenvalue weighted by molar-refractivity contribution is 7.94. The second kappa shape index (κ2) is 7.77. The molecule has 144 valence electrons. The van der Waals surface area contributed by atoms with Crippen LogP contribution in [-0.2, 0) is 16.4 Å². The Kier molecular flexibility index (Phi) is 5.19. The number of aryl methyl sites for hydroxylation is 1. The van der Waals surface area contributed by atoms with Crippen molar-refractivity contribution in [2.75, 3.05) is 4.72 Å². The van der Waals surface area contributed by atoms with Gasteiger partial charge in [0.05, 0.1) is 6.04 Å². The smallest absolute Gasteiger partial charge is 0.271 e. The molecule has 0 saturated carbocycles. The Labute approximate surface area is 168 Å². The molecule has 1 aliphatic rings. The molecule has 1 aliphatic carbocycles. The van der Waals surface area contributed by atoms with Gasteiger partial charge in [0.15, 0.2) is 0 Å². The van der Waals surface area contributed by atoms with E-state index in [0.717, 1.165) is 30.6 Å². The van der Waals surface area contributed by atoms with Gasteiger partial charge in [-0.1, -0.05) is 30.3 Å². The van der Waals surface area contributed by atoms with E-state index in [0.29, 0.717) is 11.3 Å². The molecular weight excluding hydrogens is 392 g/mol. The molecule has 2 N–H and O–H groups in total. The minimum atomic E-state index is -3.59. The third-order valence-electron chi connectivity index (χ3n) is 4.83. The molecule has 1 heterocycles. The van der Waals surface area contributed by atoms with Crippen LogP contribution >= 0.6 is 11.3 Å². The zero-order chi connectivity index (χ0) is 19.6. The fraction of sp³-hybridized carbons (Fsp3) is 0.190. The highest BCUT2D eigenvalue weighted by atomic mass is 32.2. The summed E-state index contributed by atoms with van der Waals surface area (Å²) in [6.45, 7) is 0. The fourth-order valence-electron chi connectivity index (χ4n) is 3.46. The van der Waals surface area contributed by atoms with Gasteiger partial charge in [-0.2, -0.15) is 0 Å². The van der Waals surface area contributed by atoms with Crippen LogP contribution in [-0.4, -0.2) is 14.3 Å². The molecule has 3 aromatic rings. The Morgan fingerprint density at radius 3 is 2.54 bits per heavy atom. The summed E-state index contributed by atoms with van der Waals surface area (Å²) in [7, 11) is -3.59. The van der Waals surface area contributed by atoms with Gasteiger partial charge in [-0.3, -0.25) is 9.52 Å². The molecule has 4 rings (SSSR count). The molecule has 1 amide bonds. The summed E-state index contributed by atoms with van der Waals surface area (Å²) in [6.07, 6.45) is 3.01. The van der Waals surface area contributed by atoms with Crippen molar-refractivity contribution in [2.24, 2.45) is 0 Å². The summed E-state index contributed by atoms with van der Waals surface area (Å²) < 4.78 is 27.3. The van der Waals surface area contributed by atoms with Gasteiger partial charge in [0.25, 0.3) is 15.9 Å². The van der Waals surface area contributed by atoms with Crippen molar-refractivity contribution in [1.29, 1.82) is 0 Å². The van der Waals surface area contributed by atoms with Gasteiger partial charge in [0.2, 0.25) is 0 Å². The van der Waals surface area contributed by atoms with Gasteiger partial charge in [0.1, 0.15) is 4.21 Å². The Morgan fingerprint density at radius 1 is 1.00 bits per heavy atom. The van der Waals surface area contributed by atoms with Crippen LogP contribution in [0.4, 0.5) is 5.69 Å². The molecule has 28 heavy (non-hydrogen) atoms. The lowest BCUT2D eigenvalue weighted by atomic mass is 9.87. The molecule has 0 aliphatic heterocycles. The number of amides is 1. The third kappa shape index (κ3) is 3.95. The molecule has 1 unspecified atom stereocenters. The summed E-state index contributed by atoms with van der Waals surface area (Å²) in [5.41, 5.74) is 3.40. The summed E-state index contributed by atoms with van der Waals surface area (Å²) in [4.78, 5) is 12.7. The highest BCUT2D eigenvalue weighted by Gasteiger charge is 2.22. The normalized spacial score (nSPS) is 16.2. The zero-order valence-electron chi connectivity index (χ0n) is 15.1. The Balaban J connectivity index is 1.45. The van der Waals surface area contributed by atoms with Crippen molar-refractivity contribution < 1.29 is 13.2 Å². The molecule has 0 radical (unpaired) electrons. The molecule has 0 fully saturated rings. The van der Waals surface area contributed by atoms with Gasteiger partial charge in [-0.15, -0.1) is 11.3 Å². The lowest BCUT2D eigenvalue weighted by Gasteiger charge is -2.26. The van der Waals surface area contributed by atoms with E-state index < -0.39 is 10.0 Å². The first-order chi connectivity index (χ1) is 13.5. The van der Waals surface area contributed by atoms with Crippen molar-refractivity contribution in [3.63, 3.8) is 0 Å². The minimum absolute atomic E-state index is 0.00876. The Morgan fingerprint density at radius 2 is 1.79 bits per heavy atom. The largest absolute Gasteiger partial charge is 0.345 e. The van der Waals surface area contributed by atoms with Gasteiger partial charge in [-0.05, 0) is 66.1 Å². The number of anilines is 1. The summed E-state index contributed by atoms with van der Waals surface area (Å²) in [5, 5.41) is 4.82. The van der Waals surface area contributed by atoms with E-state index in [9.17, 15) is 13.2 Å². The predicted molar refractivity (Wildman–Crippen MR) is 111 cm³/mol. The average molecular weight is 413 g/mol. The van der Waals surface area contributed by atoms with E-state index in [4.69, 9.17) is 0 Å². The monoisotopic (exact) mass is 412 g/mol. The molecule has 0 bridgehead atoms. The van der Waals surface area contributed by atoms with Gasteiger partial charge in [-0.25, -0.2) is 8.42 Å². The molecule has 1 atom stereocenters. The van der Waals surface area contributed by atoms with Crippen LogP contribution in [0.1, 0.15) is 40.4 Å². The van der Waals surface area contributed by atoms with Gasteiger partial charge < -0.3 is 5.32 Å². The molecule has 5 nitrogen and oxygen atoms in total. The standard InChI is InChI=1S/C21H20N2O3S2/c24-21(22-19-8-3-6-15-5-1-2-7-18(15)19)16-10-12-17(13-11-16)23-28(25,26)20-9-4-14-27-20/h1-2,4-5,7,9-14,19,23H,3,6,8H2,(H,22,24). The van der Waals surface area contributed by atoms with Crippen LogP contribution in [0, 0.1) is 0 Å². The van der Waals surface area contributed by atoms with Crippen LogP contribution in [0.15, 0.2) is 70.3 Å². The summed E-state index contributed by atoms with van der Waals surface area (Å²) in [6, 6.07) is 17.9. The number of sulfonamides is 1. The maximum atomic E-state index is 12.7. The van der Waals surface area contributed by atoms with Crippen molar-refractivity contribution in [2.45, 2.75) is 29.5 Å². The van der Waals surface area contributed by atoms with E-state index in [1.54, 1.807) is 41.8 Å². The van der Waals surface area contributed by atoms with Crippen molar-refractivity contribution in [3.8, 4) is 0 Å². The van der Waals surface area contributed by atoms with E-state index in [-0.39, 0.29) is 16.2 Å². The average Bonchev–Trinajstić information content (AvgIpc) is 3.24. The first-order valence-electron chi connectivity index (χ1n) is 9.08. The van der Waals surface area contributed by atoms with Crippen LogP contribution in [0.2, 0.25) is 0 Å². The molecule has 1 aromatic heterocycles. The third-order valence-corrected chi connectivity index (χ3v) is 7.61. The van der Waals surface area contributed by atoms with Crippen LogP contribution in [0.3, 0.4) is 0 Å². The Bertz CT molecular complexity index is 1080. The highest BCUT2D eigenvalue weighted by Crippen LogP contribution is 2.29. The van der Waals surface area contributed by atoms with Gasteiger partial charge >= 0.3 is 0 Å². The maximum absolute atomic E-state index is 12.7. The second-order valence-corrected chi connectivity index (χ2v) is 9.59. The van der Waals surface area contributed by atoms with E-state index in [2.05, 4.69) is 22.2 Å². The zero-order valence-corrected chi connectivity index (χ0v) is 16.7. The van der Waals surface area contributed by atoms with Crippen molar-refractivity contribution in [1.82, 2.24) is 5.32 Å². The number of nitrogens with one attached hydrogen (secondary N) is 2. The molecule has 7 heteroatoms.